The quantitative estimate of drug-likeness (QED) is 0.865. The molecule has 92 valence electrons. The van der Waals surface area contributed by atoms with E-state index < -0.39 is 0 Å². The molecule has 0 saturated heterocycles. The van der Waals surface area contributed by atoms with Crippen LogP contribution in [-0.2, 0) is 17.6 Å². The average molecular weight is 304 g/mol. The van der Waals surface area contributed by atoms with Crippen LogP contribution >= 0.6 is 15.9 Å². The summed E-state index contributed by atoms with van der Waals surface area (Å²) in [4.78, 5) is 16.1. The number of benzene rings is 1. The number of hydrogen-bond acceptors (Lipinski definition) is 2. The number of pyridine rings is 1. The van der Waals surface area contributed by atoms with Crippen LogP contribution in [0.1, 0.15) is 16.8 Å². The number of carbonyl (C=O) groups is 1. The Morgan fingerprint density at radius 2 is 2.06 bits per heavy atom. The zero-order chi connectivity index (χ0) is 13.0. The van der Waals surface area contributed by atoms with Crippen molar-refractivity contribution in [3.05, 3.63) is 63.9 Å². The monoisotopic (exact) mass is 303 g/mol. The van der Waals surface area contributed by atoms with E-state index in [1.54, 1.807) is 6.20 Å². The van der Waals surface area contributed by atoms with Gasteiger partial charge in [0.2, 0.25) is 0 Å². The second kappa shape index (κ2) is 5.91. The van der Waals surface area contributed by atoms with Crippen LogP contribution in [0, 0.1) is 6.92 Å². The van der Waals surface area contributed by atoms with E-state index in [4.69, 9.17) is 0 Å². The normalized spacial score (nSPS) is 10.3. The van der Waals surface area contributed by atoms with Crippen LogP contribution in [0.25, 0.3) is 0 Å². The van der Waals surface area contributed by atoms with Gasteiger partial charge >= 0.3 is 0 Å². The molecule has 0 saturated carbocycles. The molecule has 18 heavy (non-hydrogen) atoms. The maximum absolute atomic E-state index is 11.9. The van der Waals surface area contributed by atoms with Crippen LogP contribution in [0.3, 0.4) is 0 Å². The molecule has 2 aromatic rings. The first-order valence-corrected chi connectivity index (χ1v) is 6.61. The van der Waals surface area contributed by atoms with Crippen LogP contribution < -0.4 is 0 Å². The molecular formula is C15H14BrNO. The van der Waals surface area contributed by atoms with Crippen molar-refractivity contribution in [3.63, 3.8) is 0 Å². The minimum atomic E-state index is 0.190. The molecule has 1 aromatic heterocycles. The van der Waals surface area contributed by atoms with Gasteiger partial charge in [0.15, 0.2) is 0 Å². The second-order valence-corrected chi connectivity index (χ2v) is 5.15. The number of rotatable bonds is 4. The van der Waals surface area contributed by atoms with E-state index in [2.05, 4.69) is 20.9 Å². The third kappa shape index (κ3) is 3.50. The van der Waals surface area contributed by atoms with Gasteiger partial charge in [-0.1, -0.05) is 34.1 Å². The van der Waals surface area contributed by atoms with Gasteiger partial charge in [-0.25, -0.2) is 0 Å². The minimum absolute atomic E-state index is 0.190. The van der Waals surface area contributed by atoms with Gasteiger partial charge in [-0.2, -0.15) is 0 Å². The van der Waals surface area contributed by atoms with Crippen molar-refractivity contribution in [2.24, 2.45) is 0 Å². The summed E-state index contributed by atoms with van der Waals surface area (Å²) >= 11 is 3.45. The fourth-order valence-electron chi connectivity index (χ4n) is 1.81. The zero-order valence-electron chi connectivity index (χ0n) is 10.2. The van der Waals surface area contributed by atoms with Crippen molar-refractivity contribution in [3.8, 4) is 0 Å². The van der Waals surface area contributed by atoms with Gasteiger partial charge in [-0.15, -0.1) is 0 Å². The molecule has 0 atom stereocenters. The Morgan fingerprint density at radius 3 is 2.72 bits per heavy atom. The smallest absolute Gasteiger partial charge is 0.143 e. The summed E-state index contributed by atoms with van der Waals surface area (Å²) in [6, 6.07) is 11.6. The van der Waals surface area contributed by atoms with Crippen molar-refractivity contribution < 1.29 is 4.79 Å². The summed E-state index contributed by atoms with van der Waals surface area (Å²) in [6.07, 6.45) is 2.58. The van der Waals surface area contributed by atoms with Gasteiger partial charge in [0.25, 0.3) is 0 Å². The van der Waals surface area contributed by atoms with E-state index in [0.29, 0.717) is 12.8 Å². The fourth-order valence-corrected chi connectivity index (χ4v) is 2.06. The predicted molar refractivity (Wildman–Crippen MR) is 75.5 cm³/mol. The SMILES string of the molecule is Cc1cc(CC(=O)Cc2ccccn2)ccc1Br. The first-order valence-electron chi connectivity index (χ1n) is 5.82. The van der Waals surface area contributed by atoms with E-state index in [1.165, 1.54) is 0 Å². The van der Waals surface area contributed by atoms with E-state index in [1.807, 2.05) is 43.3 Å². The summed E-state index contributed by atoms with van der Waals surface area (Å²) in [5.74, 6) is 0.190. The van der Waals surface area contributed by atoms with Crippen LogP contribution in [-0.4, -0.2) is 10.8 Å². The standard InChI is InChI=1S/C15H14BrNO/c1-11-8-12(5-6-15(11)16)9-14(18)10-13-4-2-3-7-17-13/h2-8H,9-10H2,1H3. The average Bonchev–Trinajstić information content (AvgIpc) is 2.35. The molecule has 1 heterocycles. The van der Waals surface area contributed by atoms with Crippen molar-refractivity contribution in [1.82, 2.24) is 4.98 Å². The molecule has 0 radical (unpaired) electrons. The lowest BCUT2D eigenvalue weighted by atomic mass is 10.0. The maximum Gasteiger partial charge on any atom is 0.143 e. The van der Waals surface area contributed by atoms with E-state index >= 15 is 0 Å². The molecule has 0 bridgehead atoms. The highest BCUT2D eigenvalue weighted by Crippen LogP contribution is 2.17. The summed E-state index contributed by atoms with van der Waals surface area (Å²) in [6.45, 7) is 2.02. The number of halogens is 1. The number of nitrogens with zero attached hydrogens (tertiary/aromatic N) is 1. The molecule has 2 nitrogen and oxygen atoms in total. The van der Waals surface area contributed by atoms with Crippen LogP contribution in [0.4, 0.5) is 0 Å². The highest BCUT2D eigenvalue weighted by atomic mass is 79.9. The van der Waals surface area contributed by atoms with Gasteiger partial charge in [0.1, 0.15) is 5.78 Å². The molecule has 0 amide bonds. The van der Waals surface area contributed by atoms with E-state index in [-0.39, 0.29) is 5.78 Å². The first-order chi connectivity index (χ1) is 8.65. The highest BCUT2D eigenvalue weighted by molar-refractivity contribution is 9.10. The Kier molecular flexibility index (Phi) is 4.26. The molecule has 3 heteroatoms. The Balaban J connectivity index is 2.01. The van der Waals surface area contributed by atoms with Crippen molar-refractivity contribution >= 4 is 21.7 Å². The first kappa shape index (κ1) is 13.0. The summed E-state index contributed by atoms with van der Waals surface area (Å²) in [5.41, 5.74) is 3.03. The fraction of sp³-hybridized carbons (Fsp3) is 0.200. The summed E-state index contributed by atoms with van der Waals surface area (Å²) in [5, 5.41) is 0. The number of carbonyl (C=O) groups excluding carboxylic acids is 1. The Morgan fingerprint density at radius 1 is 1.22 bits per heavy atom. The molecule has 0 aliphatic rings. The minimum Gasteiger partial charge on any atom is -0.299 e. The van der Waals surface area contributed by atoms with Crippen molar-refractivity contribution in [1.29, 1.82) is 0 Å². The third-order valence-corrected chi connectivity index (χ3v) is 3.62. The molecule has 0 spiro atoms. The molecule has 0 aliphatic heterocycles. The highest BCUT2D eigenvalue weighted by Gasteiger charge is 2.06. The Bertz CT molecular complexity index is 552. The van der Waals surface area contributed by atoms with Gasteiger partial charge in [-0.05, 0) is 36.2 Å². The van der Waals surface area contributed by atoms with Gasteiger partial charge < -0.3 is 0 Å². The maximum atomic E-state index is 11.9. The third-order valence-electron chi connectivity index (χ3n) is 2.73. The molecular weight excluding hydrogens is 290 g/mol. The topological polar surface area (TPSA) is 30.0 Å². The molecule has 0 fully saturated rings. The van der Waals surface area contributed by atoms with Gasteiger partial charge in [0.05, 0.1) is 0 Å². The van der Waals surface area contributed by atoms with Crippen LogP contribution in [0.2, 0.25) is 0 Å². The lowest BCUT2D eigenvalue weighted by Gasteiger charge is -2.04. The molecule has 0 aliphatic carbocycles. The number of aryl methyl sites for hydroxylation is 1. The molecule has 1 aromatic carbocycles. The summed E-state index contributed by atoms with van der Waals surface area (Å²) in [7, 11) is 0. The second-order valence-electron chi connectivity index (χ2n) is 4.30. The van der Waals surface area contributed by atoms with E-state index in [0.717, 1.165) is 21.3 Å². The number of ketones is 1. The van der Waals surface area contributed by atoms with Crippen LogP contribution in [0.15, 0.2) is 47.1 Å². The largest absolute Gasteiger partial charge is 0.299 e. The molecule has 0 unspecified atom stereocenters. The predicted octanol–water partition coefficient (Wildman–Crippen LogP) is 3.51. The molecule has 0 N–H and O–H groups in total. The van der Waals surface area contributed by atoms with Crippen LogP contribution in [0.5, 0.6) is 0 Å². The molecule has 2 rings (SSSR count). The summed E-state index contributed by atoms with van der Waals surface area (Å²) < 4.78 is 1.07. The van der Waals surface area contributed by atoms with Gasteiger partial charge in [0, 0.05) is 29.2 Å². The number of aromatic nitrogens is 1. The lowest BCUT2D eigenvalue weighted by molar-refractivity contribution is -0.117. The number of Topliss-reactive ketones (excluding diaryl/α,β-unsaturated/α-hetero) is 1. The lowest BCUT2D eigenvalue weighted by Crippen LogP contribution is -2.07. The zero-order valence-corrected chi connectivity index (χ0v) is 11.8. The van der Waals surface area contributed by atoms with E-state index in [9.17, 15) is 4.79 Å². The van der Waals surface area contributed by atoms with Gasteiger partial charge in [-0.3, -0.25) is 9.78 Å². The number of hydrogen-bond donors (Lipinski definition) is 0. The van der Waals surface area contributed by atoms with Crippen molar-refractivity contribution in [2.45, 2.75) is 19.8 Å². The Labute approximate surface area is 115 Å². The Hall–Kier alpha value is -1.48. The van der Waals surface area contributed by atoms with Crippen molar-refractivity contribution in [2.75, 3.05) is 0 Å².